The summed E-state index contributed by atoms with van der Waals surface area (Å²) < 4.78 is 17.3. The normalized spacial score (nSPS) is 21.9. The van der Waals surface area contributed by atoms with Crippen molar-refractivity contribution in [2.45, 2.75) is 31.3 Å². The van der Waals surface area contributed by atoms with Crippen LogP contribution in [0.15, 0.2) is 84.7 Å². The molecule has 2 aromatic rings. The van der Waals surface area contributed by atoms with Crippen LogP contribution in [0.4, 0.5) is 0 Å². The van der Waals surface area contributed by atoms with E-state index in [0.717, 1.165) is 0 Å². The molecular formula is C25H24N2O6. The van der Waals surface area contributed by atoms with Gasteiger partial charge in [0.2, 0.25) is 5.91 Å². The van der Waals surface area contributed by atoms with Gasteiger partial charge in [-0.3, -0.25) is 4.79 Å². The third kappa shape index (κ3) is 5.48. The van der Waals surface area contributed by atoms with Gasteiger partial charge in [0.15, 0.2) is 6.23 Å². The number of nitrogens with zero attached hydrogens (tertiary/aromatic N) is 1. The van der Waals surface area contributed by atoms with E-state index in [1.165, 1.54) is 0 Å². The lowest BCUT2D eigenvalue weighted by molar-refractivity contribution is -0.115. The van der Waals surface area contributed by atoms with Crippen molar-refractivity contribution < 1.29 is 28.6 Å². The lowest BCUT2D eigenvalue weighted by atomic mass is 10.1. The average Bonchev–Trinajstić information content (AvgIpc) is 3.26. The van der Waals surface area contributed by atoms with Gasteiger partial charge < -0.3 is 24.8 Å². The average molecular weight is 448 g/mol. The van der Waals surface area contributed by atoms with Crippen molar-refractivity contribution in [3.8, 4) is 0 Å². The van der Waals surface area contributed by atoms with Crippen LogP contribution in [-0.2, 0) is 19.0 Å². The molecule has 2 N–H and O–H groups in total. The Bertz CT molecular complexity index is 1070. The third-order valence-electron chi connectivity index (χ3n) is 5.35. The van der Waals surface area contributed by atoms with E-state index in [9.17, 15) is 14.4 Å². The molecule has 0 radical (unpaired) electrons. The molecule has 0 aromatic heterocycles. The number of hydrogen-bond acceptors (Lipinski definition) is 7. The number of benzene rings is 2. The topological polar surface area (TPSA) is 108 Å². The van der Waals surface area contributed by atoms with Crippen LogP contribution in [0.5, 0.6) is 0 Å². The summed E-state index contributed by atoms with van der Waals surface area (Å²) in [5.41, 5.74) is 6.69. The molecule has 1 amide bonds. The zero-order chi connectivity index (χ0) is 23.2. The number of nitrogens with two attached hydrogens (primary N) is 1. The molecule has 8 nitrogen and oxygen atoms in total. The number of carbonyl (C=O) groups excluding carboxylic acids is 3. The van der Waals surface area contributed by atoms with E-state index < -0.39 is 36.3 Å². The summed E-state index contributed by atoms with van der Waals surface area (Å²) in [6, 6.07) is 17.3. The first kappa shape index (κ1) is 22.3. The van der Waals surface area contributed by atoms with Gasteiger partial charge in [-0.15, -0.1) is 0 Å². The van der Waals surface area contributed by atoms with Gasteiger partial charge in [-0.05, 0) is 30.7 Å². The first-order chi connectivity index (χ1) is 16.0. The predicted octanol–water partition coefficient (Wildman–Crippen LogP) is 2.77. The number of ether oxygens (including phenoxy) is 3. The quantitative estimate of drug-likeness (QED) is 0.649. The fraction of sp³-hybridized carbons (Fsp3) is 0.240. The molecule has 2 aromatic carbocycles. The summed E-state index contributed by atoms with van der Waals surface area (Å²) in [5, 5.41) is 0. The minimum Gasteiger partial charge on any atom is -0.459 e. The molecule has 0 aliphatic carbocycles. The molecule has 3 atom stereocenters. The largest absolute Gasteiger partial charge is 0.459 e. The molecule has 4 rings (SSSR count). The van der Waals surface area contributed by atoms with Crippen LogP contribution in [0.25, 0.3) is 0 Å². The van der Waals surface area contributed by atoms with Crippen LogP contribution in [0.3, 0.4) is 0 Å². The van der Waals surface area contributed by atoms with E-state index in [4.69, 9.17) is 19.9 Å². The SMILES string of the molecule is NC(=O)C1=CN([C@@H]2O[C@H](COC(=O)c3ccccc3)CC2OC(=O)c2ccccc2)C=CC1. The van der Waals surface area contributed by atoms with E-state index in [-0.39, 0.29) is 6.61 Å². The molecule has 8 heteroatoms. The minimum atomic E-state index is -0.705. The van der Waals surface area contributed by atoms with Crippen molar-refractivity contribution in [3.63, 3.8) is 0 Å². The molecular weight excluding hydrogens is 424 g/mol. The molecule has 1 saturated heterocycles. The summed E-state index contributed by atoms with van der Waals surface area (Å²) in [6.45, 7) is -0.00639. The van der Waals surface area contributed by atoms with Crippen molar-refractivity contribution in [1.29, 1.82) is 0 Å². The van der Waals surface area contributed by atoms with Crippen LogP contribution < -0.4 is 5.73 Å². The first-order valence-electron chi connectivity index (χ1n) is 10.6. The Kier molecular flexibility index (Phi) is 6.85. The van der Waals surface area contributed by atoms with Gasteiger partial charge in [0.25, 0.3) is 0 Å². The lowest BCUT2D eigenvalue weighted by Gasteiger charge is -2.30. The highest BCUT2D eigenvalue weighted by Gasteiger charge is 2.41. The predicted molar refractivity (Wildman–Crippen MR) is 119 cm³/mol. The van der Waals surface area contributed by atoms with Crippen LogP contribution >= 0.6 is 0 Å². The Morgan fingerprint density at radius 2 is 1.61 bits per heavy atom. The molecule has 0 saturated carbocycles. The number of rotatable bonds is 7. The van der Waals surface area contributed by atoms with Gasteiger partial charge in [0, 0.05) is 24.4 Å². The summed E-state index contributed by atoms with van der Waals surface area (Å²) in [7, 11) is 0. The Labute approximate surface area is 191 Å². The van der Waals surface area contributed by atoms with Crippen molar-refractivity contribution in [2.24, 2.45) is 5.73 Å². The Morgan fingerprint density at radius 3 is 2.24 bits per heavy atom. The Hall–Kier alpha value is -3.91. The second kappa shape index (κ2) is 10.1. The molecule has 170 valence electrons. The highest BCUT2D eigenvalue weighted by atomic mass is 16.6. The molecule has 33 heavy (non-hydrogen) atoms. The van der Waals surface area contributed by atoms with Crippen LogP contribution in [0.2, 0.25) is 0 Å². The van der Waals surface area contributed by atoms with Crippen LogP contribution in [-0.4, -0.2) is 47.8 Å². The smallest absolute Gasteiger partial charge is 0.338 e. The van der Waals surface area contributed by atoms with E-state index in [0.29, 0.717) is 29.5 Å². The van der Waals surface area contributed by atoms with Crippen molar-refractivity contribution in [2.75, 3.05) is 6.61 Å². The van der Waals surface area contributed by atoms with Gasteiger partial charge >= 0.3 is 11.9 Å². The van der Waals surface area contributed by atoms with Crippen molar-refractivity contribution >= 4 is 17.8 Å². The maximum atomic E-state index is 12.7. The highest BCUT2D eigenvalue weighted by Crippen LogP contribution is 2.30. The highest BCUT2D eigenvalue weighted by molar-refractivity contribution is 5.92. The number of amides is 1. The maximum Gasteiger partial charge on any atom is 0.338 e. The molecule has 1 fully saturated rings. The monoisotopic (exact) mass is 448 g/mol. The number of carbonyl (C=O) groups is 3. The summed E-state index contributed by atoms with van der Waals surface area (Å²) in [5.74, 6) is -1.49. The second-order valence-corrected chi connectivity index (χ2v) is 7.71. The van der Waals surface area contributed by atoms with Crippen molar-refractivity contribution in [3.05, 3.63) is 95.8 Å². The molecule has 0 bridgehead atoms. The maximum absolute atomic E-state index is 12.7. The minimum absolute atomic E-state index is 0.00639. The van der Waals surface area contributed by atoms with Gasteiger partial charge in [-0.25, -0.2) is 9.59 Å². The zero-order valence-electron chi connectivity index (χ0n) is 17.8. The molecule has 2 aliphatic rings. The number of esters is 2. The van der Waals surface area contributed by atoms with Gasteiger partial charge in [-0.2, -0.15) is 0 Å². The summed E-state index contributed by atoms with van der Waals surface area (Å²) >= 11 is 0. The fourth-order valence-electron chi connectivity index (χ4n) is 3.70. The van der Waals surface area contributed by atoms with E-state index in [1.807, 2.05) is 12.1 Å². The van der Waals surface area contributed by atoms with Gasteiger partial charge in [0.1, 0.15) is 12.7 Å². The van der Waals surface area contributed by atoms with E-state index in [2.05, 4.69) is 0 Å². The summed E-state index contributed by atoms with van der Waals surface area (Å²) in [6.07, 6.45) is 3.98. The summed E-state index contributed by atoms with van der Waals surface area (Å²) in [4.78, 5) is 38.3. The Balaban J connectivity index is 1.47. The standard InChI is InChI=1S/C25H24N2O6/c26-22(28)19-12-7-13-27(15-19)23-21(33-25(30)18-10-5-2-6-11-18)14-20(32-23)16-31-24(29)17-8-3-1-4-9-17/h1-11,13,15,20-21,23H,12,14,16H2,(H2,26,28)/t20-,21?,23+/m0/s1. The number of allylic oxidation sites excluding steroid dienone is 1. The van der Waals surface area contributed by atoms with Crippen LogP contribution in [0, 0.1) is 0 Å². The number of primary amides is 1. The molecule has 0 spiro atoms. The fourth-order valence-corrected chi connectivity index (χ4v) is 3.70. The van der Waals surface area contributed by atoms with Gasteiger partial charge in [-0.1, -0.05) is 42.5 Å². The number of hydrogen-bond donors (Lipinski definition) is 1. The second-order valence-electron chi connectivity index (χ2n) is 7.71. The lowest BCUT2D eigenvalue weighted by Crippen LogP contribution is -2.39. The Morgan fingerprint density at radius 1 is 0.970 bits per heavy atom. The van der Waals surface area contributed by atoms with E-state index >= 15 is 0 Å². The molecule has 1 unspecified atom stereocenters. The van der Waals surface area contributed by atoms with Gasteiger partial charge in [0.05, 0.1) is 17.2 Å². The molecule has 2 heterocycles. The van der Waals surface area contributed by atoms with E-state index in [1.54, 1.807) is 71.9 Å². The molecule has 2 aliphatic heterocycles. The third-order valence-corrected chi connectivity index (χ3v) is 5.35. The van der Waals surface area contributed by atoms with Crippen LogP contribution in [0.1, 0.15) is 33.6 Å². The zero-order valence-corrected chi connectivity index (χ0v) is 17.8. The van der Waals surface area contributed by atoms with Crippen molar-refractivity contribution in [1.82, 2.24) is 4.90 Å². The first-order valence-corrected chi connectivity index (χ1v) is 10.6.